The first kappa shape index (κ1) is 26.2. The van der Waals surface area contributed by atoms with Gasteiger partial charge in [-0.3, -0.25) is 0 Å². The number of sulfonamides is 2. The molecule has 2 N–H and O–H groups in total. The lowest BCUT2D eigenvalue weighted by molar-refractivity contribution is 0.285. The summed E-state index contributed by atoms with van der Waals surface area (Å²) in [5.41, 5.74) is 0. The predicted molar refractivity (Wildman–Crippen MR) is 129 cm³/mol. The molecule has 0 unspecified atom stereocenters. The predicted octanol–water partition coefficient (Wildman–Crippen LogP) is 3.82. The number of aliphatic hydroxyl groups excluding tert-OH is 1. The van der Waals surface area contributed by atoms with Gasteiger partial charge in [-0.05, 0) is 74.2 Å². The monoisotopic (exact) mass is 532 g/mol. The van der Waals surface area contributed by atoms with Crippen LogP contribution in [0.4, 0.5) is 0 Å². The van der Waals surface area contributed by atoms with Crippen LogP contribution in [0.3, 0.4) is 0 Å². The average molecular weight is 533 g/mol. The molecule has 7 nitrogen and oxygen atoms in total. The number of nitrogens with one attached hydrogen (secondary N) is 1. The van der Waals surface area contributed by atoms with Crippen LogP contribution in [0.2, 0.25) is 10.0 Å². The van der Waals surface area contributed by atoms with Crippen LogP contribution < -0.4 is 4.72 Å². The van der Waals surface area contributed by atoms with Crippen molar-refractivity contribution >= 4 is 43.2 Å². The SMILES string of the molecule is O=S(=O)(N[C@@H]1C[C@@H](/C=C\CCCCO)N(S(=O)(=O)c2ccc(Cl)cc2)C1)c1ccc(Cl)cc1. The molecule has 1 aliphatic rings. The van der Waals surface area contributed by atoms with Gasteiger partial charge in [-0.2, -0.15) is 4.31 Å². The summed E-state index contributed by atoms with van der Waals surface area (Å²) in [6.07, 6.45) is 6.08. The number of aliphatic hydroxyl groups is 1. The Bertz CT molecular complexity index is 1170. The van der Waals surface area contributed by atoms with Crippen molar-refractivity contribution in [3.05, 3.63) is 70.7 Å². The largest absolute Gasteiger partial charge is 0.396 e. The van der Waals surface area contributed by atoms with E-state index >= 15 is 0 Å². The van der Waals surface area contributed by atoms with Crippen molar-refractivity contribution in [2.45, 2.75) is 47.6 Å². The maximum absolute atomic E-state index is 13.3. The van der Waals surface area contributed by atoms with Gasteiger partial charge in [0.2, 0.25) is 20.0 Å². The van der Waals surface area contributed by atoms with Crippen molar-refractivity contribution in [2.75, 3.05) is 13.2 Å². The van der Waals surface area contributed by atoms with Crippen LogP contribution in [0.5, 0.6) is 0 Å². The van der Waals surface area contributed by atoms with Crippen LogP contribution in [0.1, 0.15) is 25.7 Å². The van der Waals surface area contributed by atoms with E-state index in [4.69, 9.17) is 28.3 Å². The number of benzene rings is 2. The third-order valence-electron chi connectivity index (χ3n) is 5.30. The molecule has 2 aromatic carbocycles. The molecule has 3 rings (SSSR count). The van der Waals surface area contributed by atoms with E-state index in [1.54, 1.807) is 6.08 Å². The van der Waals surface area contributed by atoms with E-state index in [2.05, 4.69) is 4.72 Å². The van der Waals surface area contributed by atoms with Crippen molar-refractivity contribution in [3.63, 3.8) is 0 Å². The molecule has 0 bridgehead atoms. The Morgan fingerprint density at radius 2 is 1.52 bits per heavy atom. The summed E-state index contributed by atoms with van der Waals surface area (Å²) in [6.45, 7) is 0.0896. The zero-order valence-electron chi connectivity index (χ0n) is 17.8. The van der Waals surface area contributed by atoms with E-state index in [-0.39, 0.29) is 29.4 Å². The first-order valence-corrected chi connectivity index (χ1v) is 14.1. The fourth-order valence-corrected chi connectivity index (χ4v) is 6.77. The minimum atomic E-state index is -3.88. The molecule has 0 aromatic heterocycles. The fourth-order valence-electron chi connectivity index (χ4n) is 3.64. The molecule has 0 saturated carbocycles. The zero-order valence-corrected chi connectivity index (χ0v) is 20.9. The van der Waals surface area contributed by atoms with E-state index in [1.165, 1.54) is 52.8 Å². The normalized spacial score (nSPS) is 20.0. The summed E-state index contributed by atoms with van der Waals surface area (Å²) in [5, 5.41) is 9.77. The second-order valence-corrected chi connectivity index (χ2v) is 12.2. The molecule has 2 aromatic rings. The highest BCUT2D eigenvalue weighted by atomic mass is 35.5. The van der Waals surface area contributed by atoms with E-state index in [0.29, 0.717) is 22.9 Å². The Kier molecular flexibility index (Phi) is 8.96. The highest BCUT2D eigenvalue weighted by Crippen LogP contribution is 2.29. The number of hydrogen-bond acceptors (Lipinski definition) is 5. The van der Waals surface area contributed by atoms with Gasteiger partial charge in [-0.25, -0.2) is 21.6 Å². The molecule has 0 radical (unpaired) electrons. The summed E-state index contributed by atoms with van der Waals surface area (Å²) < 4.78 is 56.3. The molecule has 33 heavy (non-hydrogen) atoms. The van der Waals surface area contributed by atoms with Gasteiger partial charge in [0, 0.05) is 35.3 Å². The van der Waals surface area contributed by atoms with Crippen LogP contribution in [-0.4, -0.2) is 51.5 Å². The molecule has 0 amide bonds. The Balaban J connectivity index is 1.83. The maximum atomic E-state index is 13.3. The number of hydrogen-bond donors (Lipinski definition) is 2. The van der Waals surface area contributed by atoms with Gasteiger partial charge < -0.3 is 5.11 Å². The van der Waals surface area contributed by atoms with Gasteiger partial charge in [-0.1, -0.05) is 35.4 Å². The summed E-state index contributed by atoms with van der Waals surface area (Å²) in [4.78, 5) is 0.147. The van der Waals surface area contributed by atoms with Gasteiger partial charge in [0.15, 0.2) is 0 Å². The van der Waals surface area contributed by atoms with E-state index in [9.17, 15) is 16.8 Å². The molecule has 11 heteroatoms. The topological polar surface area (TPSA) is 104 Å². The Morgan fingerprint density at radius 1 is 0.939 bits per heavy atom. The lowest BCUT2D eigenvalue weighted by Crippen LogP contribution is -2.39. The van der Waals surface area contributed by atoms with Crippen molar-refractivity contribution in [3.8, 4) is 0 Å². The van der Waals surface area contributed by atoms with Crippen molar-refractivity contribution in [2.24, 2.45) is 0 Å². The van der Waals surface area contributed by atoms with Gasteiger partial charge >= 0.3 is 0 Å². The smallest absolute Gasteiger partial charge is 0.243 e. The van der Waals surface area contributed by atoms with Gasteiger partial charge in [-0.15, -0.1) is 0 Å². The van der Waals surface area contributed by atoms with Crippen LogP contribution in [0.15, 0.2) is 70.5 Å². The molecule has 2 atom stereocenters. The number of unbranched alkanes of at least 4 members (excludes halogenated alkanes) is 2. The molecule has 1 heterocycles. The van der Waals surface area contributed by atoms with Crippen molar-refractivity contribution < 1.29 is 21.9 Å². The number of halogens is 2. The summed E-state index contributed by atoms with van der Waals surface area (Å²) in [6, 6.07) is 10.5. The minimum absolute atomic E-state index is 0.0105. The second kappa shape index (κ2) is 11.3. The number of nitrogens with zero attached hydrogens (tertiary/aromatic N) is 1. The number of allylic oxidation sites excluding steroid dienone is 1. The molecular weight excluding hydrogens is 507 g/mol. The van der Waals surface area contributed by atoms with Crippen LogP contribution >= 0.6 is 23.2 Å². The molecule has 180 valence electrons. The van der Waals surface area contributed by atoms with E-state index < -0.39 is 32.1 Å². The molecule has 0 spiro atoms. The Morgan fingerprint density at radius 3 is 2.09 bits per heavy atom. The lowest BCUT2D eigenvalue weighted by atomic mass is 10.1. The van der Waals surface area contributed by atoms with Crippen LogP contribution in [0.25, 0.3) is 0 Å². The zero-order chi connectivity index (χ0) is 24.1. The second-order valence-electron chi connectivity index (χ2n) is 7.75. The van der Waals surface area contributed by atoms with Gasteiger partial charge in [0.05, 0.1) is 9.79 Å². The maximum Gasteiger partial charge on any atom is 0.243 e. The molecule has 0 aliphatic carbocycles. The molecule has 1 fully saturated rings. The van der Waals surface area contributed by atoms with E-state index in [1.807, 2.05) is 6.08 Å². The molecule has 1 saturated heterocycles. The highest BCUT2D eigenvalue weighted by molar-refractivity contribution is 7.89. The average Bonchev–Trinajstić information content (AvgIpc) is 3.17. The quantitative estimate of drug-likeness (QED) is 0.357. The van der Waals surface area contributed by atoms with Crippen molar-refractivity contribution in [1.29, 1.82) is 0 Å². The minimum Gasteiger partial charge on any atom is -0.396 e. The summed E-state index contributed by atoms with van der Waals surface area (Å²) in [7, 11) is -7.73. The first-order valence-electron chi connectivity index (χ1n) is 10.5. The Hall–Kier alpha value is -1.46. The third-order valence-corrected chi connectivity index (χ3v) is 9.24. The lowest BCUT2D eigenvalue weighted by Gasteiger charge is -2.22. The highest BCUT2D eigenvalue weighted by Gasteiger charge is 2.40. The summed E-state index contributed by atoms with van der Waals surface area (Å²) in [5.74, 6) is 0. The van der Waals surface area contributed by atoms with Crippen molar-refractivity contribution in [1.82, 2.24) is 9.03 Å². The molecular formula is C22H26Cl2N2O5S2. The molecule has 1 aliphatic heterocycles. The Labute approximate surface area is 205 Å². The fraction of sp³-hybridized carbons (Fsp3) is 0.364. The van der Waals surface area contributed by atoms with E-state index in [0.717, 1.165) is 6.42 Å². The standard InChI is InChI=1S/C22H26Cl2N2O5S2/c23-17-6-10-21(11-7-17)32(28,29)25-19-15-20(5-3-1-2-4-14-27)26(16-19)33(30,31)22-12-8-18(24)9-13-22/h3,5-13,19-20,25,27H,1-2,4,14-16H2/b5-3-/t19-,20-/m1/s1. The third kappa shape index (κ3) is 6.79. The van der Waals surface area contributed by atoms with Gasteiger partial charge in [0.25, 0.3) is 0 Å². The summed E-state index contributed by atoms with van der Waals surface area (Å²) >= 11 is 11.8. The van der Waals surface area contributed by atoms with Crippen LogP contribution in [0, 0.1) is 0 Å². The first-order chi connectivity index (χ1) is 15.6. The van der Waals surface area contributed by atoms with Gasteiger partial charge in [0.1, 0.15) is 0 Å². The number of rotatable bonds is 10. The van der Waals surface area contributed by atoms with Crippen LogP contribution in [-0.2, 0) is 20.0 Å².